The Morgan fingerprint density at radius 1 is 1.11 bits per heavy atom. The van der Waals surface area contributed by atoms with E-state index < -0.39 is 0 Å². The molecule has 1 atom stereocenters. The molecule has 0 fully saturated rings. The zero-order chi connectivity index (χ0) is 13.8. The zero-order valence-corrected chi connectivity index (χ0v) is 11.5. The second-order valence-electron chi connectivity index (χ2n) is 4.68. The molecule has 100 valence electrons. The predicted molar refractivity (Wildman–Crippen MR) is 75.4 cm³/mol. The van der Waals surface area contributed by atoms with Gasteiger partial charge in [-0.1, -0.05) is 31.2 Å². The van der Waals surface area contributed by atoms with Crippen LogP contribution in [0, 0.1) is 5.92 Å². The highest BCUT2D eigenvalue weighted by Gasteiger charge is 2.13. The van der Waals surface area contributed by atoms with E-state index in [1.165, 1.54) is 7.11 Å². The lowest BCUT2D eigenvalue weighted by molar-refractivity contribution is -0.144. The average Bonchev–Trinajstić information content (AvgIpc) is 2.45. The van der Waals surface area contributed by atoms with E-state index >= 15 is 0 Å². The molecule has 3 heteroatoms. The number of ether oxygens (including phenoxy) is 2. The van der Waals surface area contributed by atoms with Crippen molar-refractivity contribution in [3.8, 4) is 5.75 Å². The Labute approximate surface area is 113 Å². The van der Waals surface area contributed by atoms with Crippen molar-refractivity contribution in [3.63, 3.8) is 0 Å². The summed E-state index contributed by atoms with van der Waals surface area (Å²) in [5.74, 6) is 0.554. The van der Waals surface area contributed by atoms with Crippen LogP contribution in [-0.2, 0) is 16.0 Å². The zero-order valence-electron chi connectivity index (χ0n) is 11.5. The van der Waals surface area contributed by atoms with E-state index in [1.807, 2.05) is 31.2 Å². The summed E-state index contributed by atoms with van der Waals surface area (Å²) in [6.45, 7) is 1.88. The first-order valence-electron chi connectivity index (χ1n) is 6.28. The first-order valence-corrected chi connectivity index (χ1v) is 6.28. The maximum atomic E-state index is 11.4. The molecule has 0 aliphatic carbocycles. The van der Waals surface area contributed by atoms with Crippen molar-refractivity contribution in [2.75, 3.05) is 14.2 Å². The quantitative estimate of drug-likeness (QED) is 0.790. The van der Waals surface area contributed by atoms with E-state index in [0.717, 1.165) is 22.1 Å². The van der Waals surface area contributed by atoms with Gasteiger partial charge in [0.25, 0.3) is 0 Å². The number of benzene rings is 2. The number of hydrogen-bond donors (Lipinski definition) is 0. The van der Waals surface area contributed by atoms with Crippen molar-refractivity contribution < 1.29 is 14.3 Å². The van der Waals surface area contributed by atoms with Gasteiger partial charge in [0.05, 0.1) is 20.1 Å². The van der Waals surface area contributed by atoms with Crippen LogP contribution in [-0.4, -0.2) is 20.2 Å². The third-order valence-electron chi connectivity index (χ3n) is 3.26. The van der Waals surface area contributed by atoms with Crippen molar-refractivity contribution >= 4 is 16.7 Å². The molecule has 2 aromatic rings. The number of esters is 1. The van der Waals surface area contributed by atoms with Gasteiger partial charge in [0.15, 0.2) is 0 Å². The second kappa shape index (κ2) is 5.74. The van der Waals surface area contributed by atoms with Crippen LogP contribution in [0.3, 0.4) is 0 Å². The molecule has 0 spiro atoms. The Bertz CT molecular complexity index is 590. The maximum absolute atomic E-state index is 11.4. The van der Waals surface area contributed by atoms with Gasteiger partial charge in [-0.15, -0.1) is 0 Å². The number of carbonyl (C=O) groups is 1. The standard InChI is InChI=1S/C16H18O3/c1-11(16(17)19-3)8-12-4-5-14-10-15(18-2)7-6-13(14)9-12/h4-7,9-11H,8H2,1-3H3. The van der Waals surface area contributed by atoms with Gasteiger partial charge in [-0.2, -0.15) is 0 Å². The van der Waals surface area contributed by atoms with Crippen LogP contribution in [0.15, 0.2) is 36.4 Å². The third-order valence-corrected chi connectivity index (χ3v) is 3.26. The summed E-state index contributed by atoms with van der Waals surface area (Å²) in [5.41, 5.74) is 1.13. The molecule has 1 unspecified atom stereocenters. The first-order chi connectivity index (χ1) is 9.13. The van der Waals surface area contributed by atoms with Gasteiger partial charge >= 0.3 is 5.97 Å². The Hall–Kier alpha value is -2.03. The van der Waals surface area contributed by atoms with Crippen molar-refractivity contribution in [2.45, 2.75) is 13.3 Å². The van der Waals surface area contributed by atoms with Crippen LogP contribution in [0.2, 0.25) is 0 Å². The van der Waals surface area contributed by atoms with E-state index in [9.17, 15) is 4.79 Å². The van der Waals surface area contributed by atoms with Crippen LogP contribution in [0.5, 0.6) is 5.75 Å². The molecule has 0 radical (unpaired) electrons. The van der Waals surface area contributed by atoms with E-state index in [0.29, 0.717) is 6.42 Å². The van der Waals surface area contributed by atoms with Crippen LogP contribution in [0.1, 0.15) is 12.5 Å². The van der Waals surface area contributed by atoms with Gasteiger partial charge in [0.2, 0.25) is 0 Å². The van der Waals surface area contributed by atoms with Crippen molar-refractivity contribution in [1.82, 2.24) is 0 Å². The SMILES string of the molecule is COC(=O)C(C)Cc1ccc2cc(OC)ccc2c1. The lowest BCUT2D eigenvalue weighted by Crippen LogP contribution is -2.14. The van der Waals surface area contributed by atoms with Crippen molar-refractivity contribution in [2.24, 2.45) is 5.92 Å². The van der Waals surface area contributed by atoms with Gasteiger partial charge in [0.1, 0.15) is 5.75 Å². The summed E-state index contributed by atoms with van der Waals surface area (Å²) >= 11 is 0. The molecule has 0 heterocycles. The maximum Gasteiger partial charge on any atom is 0.308 e. The highest BCUT2D eigenvalue weighted by molar-refractivity contribution is 5.84. The number of fused-ring (bicyclic) bond motifs is 1. The first kappa shape index (κ1) is 13.4. The molecule has 2 aromatic carbocycles. The minimum atomic E-state index is -0.171. The topological polar surface area (TPSA) is 35.5 Å². The molecule has 3 nitrogen and oxygen atoms in total. The van der Waals surface area contributed by atoms with Crippen molar-refractivity contribution in [1.29, 1.82) is 0 Å². The fourth-order valence-corrected chi connectivity index (χ4v) is 2.17. The largest absolute Gasteiger partial charge is 0.497 e. The fraction of sp³-hybridized carbons (Fsp3) is 0.312. The molecule has 0 bridgehead atoms. The Morgan fingerprint density at radius 2 is 1.79 bits per heavy atom. The van der Waals surface area contributed by atoms with Gasteiger partial charge in [-0.25, -0.2) is 0 Å². The molecule has 0 aliphatic rings. The van der Waals surface area contributed by atoms with Crippen LogP contribution >= 0.6 is 0 Å². The minimum absolute atomic E-state index is 0.124. The molecule has 0 saturated carbocycles. The summed E-state index contributed by atoms with van der Waals surface area (Å²) in [6, 6.07) is 12.2. The molecule has 0 saturated heterocycles. The second-order valence-corrected chi connectivity index (χ2v) is 4.68. The Kier molecular flexibility index (Phi) is 4.05. The van der Waals surface area contributed by atoms with Crippen molar-refractivity contribution in [3.05, 3.63) is 42.0 Å². The van der Waals surface area contributed by atoms with E-state index in [-0.39, 0.29) is 11.9 Å². The molecule has 0 aromatic heterocycles. The monoisotopic (exact) mass is 258 g/mol. The lowest BCUT2D eigenvalue weighted by atomic mass is 9.98. The number of carbonyl (C=O) groups excluding carboxylic acids is 1. The fourth-order valence-electron chi connectivity index (χ4n) is 2.17. The summed E-state index contributed by atoms with van der Waals surface area (Å²) in [7, 11) is 3.08. The minimum Gasteiger partial charge on any atom is -0.497 e. The predicted octanol–water partition coefficient (Wildman–Crippen LogP) is 3.20. The van der Waals surface area contributed by atoms with Crippen LogP contribution < -0.4 is 4.74 Å². The van der Waals surface area contributed by atoms with Gasteiger partial charge in [0, 0.05) is 0 Å². The molecular formula is C16H18O3. The summed E-state index contributed by atoms with van der Waals surface area (Å²) in [5, 5.41) is 2.28. The highest BCUT2D eigenvalue weighted by atomic mass is 16.5. The highest BCUT2D eigenvalue weighted by Crippen LogP contribution is 2.23. The summed E-state index contributed by atoms with van der Waals surface area (Å²) < 4.78 is 9.95. The normalized spacial score (nSPS) is 12.2. The lowest BCUT2D eigenvalue weighted by Gasteiger charge is -2.10. The number of hydrogen-bond acceptors (Lipinski definition) is 3. The van der Waals surface area contributed by atoms with E-state index in [1.54, 1.807) is 7.11 Å². The Morgan fingerprint density at radius 3 is 2.47 bits per heavy atom. The van der Waals surface area contributed by atoms with Crippen LogP contribution in [0.4, 0.5) is 0 Å². The van der Waals surface area contributed by atoms with E-state index in [2.05, 4.69) is 12.1 Å². The van der Waals surface area contributed by atoms with Gasteiger partial charge in [-0.3, -0.25) is 4.79 Å². The molecule has 2 rings (SSSR count). The average molecular weight is 258 g/mol. The van der Waals surface area contributed by atoms with E-state index in [4.69, 9.17) is 9.47 Å². The van der Waals surface area contributed by atoms with Gasteiger partial charge in [-0.05, 0) is 34.9 Å². The molecule has 19 heavy (non-hydrogen) atoms. The smallest absolute Gasteiger partial charge is 0.308 e. The van der Waals surface area contributed by atoms with Crippen LogP contribution in [0.25, 0.3) is 10.8 Å². The number of rotatable bonds is 4. The van der Waals surface area contributed by atoms with Gasteiger partial charge < -0.3 is 9.47 Å². The molecular weight excluding hydrogens is 240 g/mol. The number of methoxy groups -OCH3 is 2. The summed E-state index contributed by atoms with van der Waals surface area (Å²) in [4.78, 5) is 11.4. The third kappa shape index (κ3) is 3.05. The molecule has 0 amide bonds. The molecule has 0 N–H and O–H groups in total. The Balaban J connectivity index is 2.24. The molecule has 0 aliphatic heterocycles. The summed E-state index contributed by atoms with van der Waals surface area (Å²) in [6.07, 6.45) is 0.689.